The summed E-state index contributed by atoms with van der Waals surface area (Å²) in [5, 5.41) is 3.80. The Morgan fingerprint density at radius 3 is 2.63 bits per heavy atom. The highest BCUT2D eigenvalue weighted by atomic mass is 16.5. The number of nitrogens with one attached hydrogen (secondary N) is 1. The van der Waals surface area contributed by atoms with Crippen molar-refractivity contribution in [3.63, 3.8) is 0 Å². The minimum atomic E-state index is 0.340. The van der Waals surface area contributed by atoms with E-state index in [1.54, 1.807) is 0 Å². The topological polar surface area (TPSA) is 24.5 Å². The molecule has 1 aliphatic heterocycles. The van der Waals surface area contributed by atoms with Crippen molar-refractivity contribution in [3.05, 3.63) is 0 Å². The molecule has 112 valence electrons. The standard InChI is InChI=1S/C16H32N2O/c1-5-16(6-2)12-18(13(3)11-17-16)14-8-7-9-15(10-14)19-4/h13-15,17H,5-12H2,1-4H3. The summed E-state index contributed by atoms with van der Waals surface area (Å²) in [5.41, 5.74) is 0.340. The lowest BCUT2D eigenvalue weighted by atomic mass is 9.84. The molecule has 3 unspecified atom stereocenters. The maximum atomic E-state index is 5.61. The van der Waals surface area contributed by atoms with Crippen LogP contribution in [0.5, 0.6) is 0 Å². The highest BCUT2D eigenvalue weighted by Crippen LogP contribution is 2.31. The molecule has 2 aliphatic rings. The molecule has 1 N–H and O–H groups in total. The van der Waals surface area contributed by atoms with Crippen molar-refractivity contribution >= 4 is 0 Å². The molecule has 0 bridgehead atoms. The zero-order chi connectivity index (χ0) is 13.9. The summed E-state index contributed by atoms with van der Waals surface area (Å²) in [5.74, 6) is 0. The van der Waals surface area contributed by atoms with E-state index in [1.165, 1.54) is 45.1 Å². The maximum Gasteiger partial charge on any atom is 0.0586 e. The molecular weight excluding hydrogens is 236 g/mol. The van der Waals surface area contributed by atoms with Gasteiger partial charge >= 0.3 is 0 Å². The van der Waals surface area contributed by atoms with Gasteiger partial charge in [-0.15, -0.1) is 0 Å². The normalized spacial score (nSPS) is 36.3. The Balaban J connectivity index is 2.04. The van der Waals surface area contributed by atoms with E-state index in [9.17, 15) is 0 Å². The molecule has 3 nitrogen and oxygen atoms in total. The third kappa shape index (κ3) is 3.32. The van der Waals surface area contributed by atoms with Gasteiger partial charge in [0, 0.05) is 37.8 Å². The monoisotopic (exact) mass is 268 g/mol. The van der Waals surface area contributed by atoms with Crippen molar-refractivity contribution in [2.45, 2.75) is 83.0 Å². The molecule has 2 rings (SSSR count). The average molecular weight is 268 g/mol. The molecule has 1 heterocycles. The lowest BCUT2D eigenvalue weighted by Crippen LogP contribution is -2.65. The first-order chi connectivity index (χ1) is 9.14. The molecule has 0 amide bonds. The maximum absolute atomic E-state index is 5.61. The van der Waals surface area contributed by atoms with E-state index in [1.807, 2.05) is 7.11 Å². The molecule has 0 aromatic carbocycles. The first-order valence-corrected chi connectivity index (χ1v) is 8.17. The van der Waals surface area contributed by atoms with Crippen molar-refractivity contribution in [1.29, 1.82) is 0 Å². The van der Waals surface area contributed by atoms with Crippen LogP contribution in [-0.4, -0.2) is 48.8 Å². The van der Waals surface area contributed by atoms with Gasteiger partial charge in [-0.3, -0.25) is 4.90 Å². The molecular formula is C16H32N2O. The van der Waals surface area contributed by atoms with Gasteiger partial charge in [-0.2, -0.15) is 0 Å². The van der Waals surface area contributed by atoms with Crippen molar-refractivity contribution in [2.24, 2.45) is 0 Å². The predicted octanol–water partition coefficient (Wildman–Crippen LogP) is 2.80. The largest absolute Gasteiger partial charge is 0.381 e. The lowest BCUT2D eigenvalue weighted by molar-refractivity contribution is -0.0130. The molecule has 1 aliphatic carbocycles. The molecule has 19 heavy (non-hydrogen) atoms. The van der Waals surface area contributed by atoms with Crippen LogP contribution in [0.4, 0.5) is 0 Å². The molecule has 0 spiro atoms. The minimum absolute atomic E-state index is 0.340. The number of methoxy groups -OCH3 is 1. The highest BCUT2D eigenvalue weighted by Gasteiger charge is 2.39. The van der Waals surface area contributed by atoms with Crippen molar-refractivity contribution in [2.75, 3.05) is 20.2 Å². The molecule has 3 atom stereocenters. The van der Waals surface area contributed by atoms with Crippen LogP contribution < -0.4 is 5.32 Å². The smallest absolute Gasteiger partial charge is 0.0586 e. The van der Waals surface area contributed by atoms with Gasteiger partial charge in [-0.1, -0.05) is 13.8 Å². The Kier molecular flexibility index (Phi) is 5.27. The van der Waals surface area contributed by atoms with Gasteiger partial charge in [-0.25, -0.2) is 0 Å². The van der Waals surface area contributed by atoms with E-state index in [0.29, 0.717) is 17.7 Å². The Morgan fingerprint density at radius 2 is 2.00 bits per heavy atom. The van der Waals surface area contributed by atoms with Crippen molar-refractivity contribution in [1.82, 2.24) is 10.2 Å². The Morgan fingerprint density at radius 1 is 1.26 bits per heavy atom. The van der Waals surface area contributed by atoms with E-state index in [-0.39, 0.29) is 0 Å². The fraction of sp³-hybridized carbons (Fsp3) is 1.00. The Hall–Kier alpha value is -0.120. The Bertz CT molecular complexity index is 278. The number of nitrogens with zero attached hydrogens (tertiary/aromatic N) is 1. The van der Waals surface area contributed by atoms with E-state index in [4.69, 9.17) is 4.74 Å². The van der Waals surface area contributed by atoms with Crippen LogP contribution in [0.15, 0.2) is 0 Å². The fourth-order valence-corrected chi connectivity index (χ4v) is 3.89. The van der Waals surface area contributed by atoms with E-state index in [0.717, 1.165) is 12.6 Å². The van der Waals surface area contributed by atoms with Gasteiger partial charge in [0.1, 0.15) is 0 Å². The van der Waals surface area contributed by atoms with Gasteiger partial charge in [-0.05, 0) is 45.4 Å². The first-order valence-electron chi connectivity index (χ1n) is 8.17. The summed E-state index contributed by atoms with van der Waals surface area (Å²) < 4.78 is 5.61. The summed E-state index contributed by atoms with van der Waals surface area (Å²) in [6, 6.07) is 1.39. The zero-order valence-electron chi connectivity index (χ0n) is 13.2. The number of hydrogen-bond donors (Lipinski definition) is 1. The van der Waals surface area contributed by atoms with Gasteiger partial charge in [0.15, 0.2) is 0 Å². The van der Waals surface area contributed by atoms with Crippen molar-refractivity contribution < 1.29 is 4.74 Å². The Labute approximate surface area is 119 Å². The summed E-state index contributed by atoms with van der Waals surface area (Å²) >= 11 is 0. The van der Waals surface area contributed by atoms with Gasteiger partial charge in [0.25, 0.3) is 0 Å². The second kappa shape index (κ2) is 6.55. The first kappa shape index (κ1) is 15.3. The van der Waals surface area contributed by atoms with E-state index < -0.39 is 0 Å². The van der Waals surface area contributed by atoms with Crippen LogP contribution in [0, 0.1) is 0 Å². The van der Waals surface area contributed by atoms with Crippen LogP contribution in [0.1, 0.15) is 59.3 Å². The van der Waals surface area contributed by atoms with Crippen LogP contribution >= 0.6 is 0 Å². The molecule has 1 saturated heterocycles. The summed E-state index contributed by atoms with van der Waals surface area (Å²) in [6.07, 6.45) is 8.10. The summed E-state index contributed by atoms with van der Waals surface area (Å²) in [6.45, 7) is 9.36. The summed E-state index contributed by atoms with van der Waals surface area (Å²) in [7, 11) is 1.87. The molecule has 0 aromatic heterocycles. The summed E-state index contributed by atoms with van der Waals surface area (Å²) in [4.78, 5) is 2.77. The minimum Gasteiger partial charge on any atom is -0.381 e. The molecule has 3 heteroatoms. The van der Waals surface area contributed by atoms with Crippen molar-refractivity contribution in [3.8, 4) is 0 Å². The van der Waals surface area contributed by atoms with Gasteiger partial charge in [0.05, 0.1) is 6.10 Å². The number of piperazine rings is 1. The number of ether oxygens (including phenoxy) is 1. The van der Waals surface area contributed by atoms with Crippen LogP contribution in [0.3, 0.4) is 0 Å². The third-order valence-corrected chi connectivity index (χ3v) is 5.58. The molecule has 0 radical (unpaired) electrons. The quantitative estimate of drug-likeness (QED) is 0.848. The lowest BCUT2D eigenvalue weighted by Gasteiger charge is -2.51. The zero-order valence-corrected chi connectivity index (χ0v) is 13.2. The SMILES string of the molecule is CCC1(CC)CN(C2CCCC(OC)C2)C(C)CN1. The fourth-order valence-electron chi connectivity index (χ4n) is 3.89. The third-order valence-electron chi connectivity index (χ3n) is 5.58. The van der Waals surface area contributed by atoms with E-state index >= 15 is 0 Å². The van der Waals surface area contributed by atoms with Gasteiger partial charge in [0.2, 0.25) is 0 Å². The van der Waals surface area contributed by atoms with Crippen LogP contribution in [-0.2, 0) is 4.74 Å². The molecule has 2 fully saturated rings. The highest BCUT2D eigenvalue weighted by molar-refractivity contribution is 4.98. The van der Waals surface area contributed by atoms with Gasteiger partial charge < -0.3 is 10.1 Å². The van der Waals surface area contributed by atoms with Crippen LogP contribution in [0.25, 0.3) is 0 Å². The second-order valence-corrected chi connectivity index (χ2v) is 6.57. The van der Waals surface area contributed by atoms with E-state index in [2.05, 4.69) is 31.0 Å². The second-order valence-electron chi connectivity index (χ2n) is 6.57. The molecule has 1 saturated carbocycles. The predicted molar refractivity (Wildman–Crippen MR) is 80.5 cm³/mol. The number of rotatable bonds is 4. The van der Waals surface area contributed by atoms with Crippen LogP contribution in [0.2, 0.25) is 0 Å². The molecule has 0 aromatic rings. The number of hydrogen-bond acceptors (Lipinski definition) is 3. The average Bonchev–Trinajstić information content (AvgIpc) is 2.48.